The van der Waals surface area contributed by atoms with Gasteiger partial charge in [0.05, 0.1) is 5.92 Å². The van der Waals surface area contributed by atoms with E-state index in [1.54, 1.807) is 0 Å². The molecule has 0 amide bonds. The minimum absolute atomic E-state index is 0.108. The second-order valence-corrected chi connectivity index (χ2v) is 3.35. The van der Waals surface area contributed by atoms with Crippen LogP contribution in [0.15, 0.2) is 0 Å². The number of fused-ring (bicyclic) bond motifs is 1. The molecule has 0 radical (unpaired) electrons. The zero-order valence-electron chi connectivity index (χ0n) is 5.99. The standard InChI is InChI=1S/C7H10F3N/c8-7(9,10)5-4-2-1-3-11-6(4)5/h4-6,11H,1-3H2/t4-,5+,6-/m0/s1. The number of alkyl halides is 3. The molecule has 1 saturated heterocycles. The maximum absolute atomic E-state index is 12.1. The summed E-state index contributed by atoms with van der Waals surface area (Å²) in [5.41, 5.74) is 0. The highest BCUT2D eigenvalue weighted by atomic mass is 19.4. The Morgan fingerprint density at radius 3 is 2.45 bits per heavy atom. The fourth-order valence-electron chi connectivity index (χ4n) is 2.06. The molecular weight excluding hydrogens is 155 g/mol. The van der Waals surface area contributed by atoms with E-state index >= 15 is 0 Å². The summed E-state index contributed by atoms with van der Waals surface area (Å²) in [6, 6.07) is -0.247. The van der Waals surface area contributed by atoms with Crippen molar-refractivity contribution in [2.45, 2.75) is 25.1 Å². The predicted octanol–water partition coefficient (Wildman–Crippen LogP) is 1.55. The normalized spacial score (nSPS) is 43.4. The molecule has 11 heavy (non-hydrogen) atoms. The van der Waals surface area contributed by atoms with Crippen LogP contribution in [0.1, 0.15) is 12.8 Å². The van der Waals surface area contributed by atoms with Crippen LogP contribution in [0.2, 0.25) is 0 Å². The van der Waals surface area contributed by atoms with E-state index in [4.69, 9.17) is 0 Å². The molecule has 64 valence electrons. The lowest BCUT2D eigenvalue weighted by atomic mass is 10.1. The van der Waals surface area contributed by atoms with E-state index in [9.17, 15) is 13.2 Å². The van der Waals surface area contributed by atoms with Gasteiger partial charge in [0.25, 0.3) is 0 Å². The SMILES string of the molecule is FC(F)(F)[C@@H]1[C@@H]2CCCN[C@@H]21. The van der Waals surface area contributed by atoms with Gasteiger partial charge in [-0.3, -0.25) is 0 Å². The Hall–Kier alpha value is -0.250. The number of halogens is 3. The first-order chi connectivity index (χ1) is 5.11. The van der Waals surface area contributed by atoms with Crippen LogP contribution in [0.5, 0.6) is 0 Å². The largest absolute Gasteiger partial charge is 0.393 e. The molecule has 1 heterocycles. The summed E-state index contributed by atoms with van der Waals surface area (Å²) in [6.45, 7) is 0.758. The van der Waals surface area contributed by atoms with Crippen LogP contribution in [0.25, 0.3) is 0 Å². The van der Waals surface area contributed by atoms with Gasteiger partial charge in [0.1, 0.15) is 0 Å². The molecule has 0 aromatic rings. The van der Waals surface area contributed by atoms with Crippen molar-refractivity contribution in [3.63, 3.8) is 0 Å². The van der Waals surface area contributed by atoms with Gasteiger partial charge in [-0.15, -0.1) is 0 Å². The Morgan fingerprint density at radius 1 is 1.27 bits per heavy atom. The summed E-state index contributed by atoms with van der Waals surface area (Å²) in [7, 11) is 0. The molecule has 4 heteroatoms. The van der Waals surface area contributed by atoms with Gasteiger partial charge in [-0.05, 0) is 25.3 Å². The first kappa shape index (κ1) is 7.40. The maximum atomic E-state index is 12.1. The highest BCUT2D eigenvalue weighted by Crippen LogP contribution is 2.53. The number of rotatable bonds is 0. The number of nitrogens with one attached hydrogen (secondary N) is 1. The van der Waals surface area contributed by atoms with Gasteiger partial charge >= 0.3 is 6.18 Å². The monoisotopic (exact) mass is 165 g/mol. The fourth-order valence-corrected chi connectivity index (χ4v) is 2.06. The van der Waals surface area contributed by atoms with Gasteiger partial charge < -0.3 is 5.32 Å². The van der Waals surface area contributed by atoms with Crippen molar-refractivity contribution in [1.29, 1.82) is 0 Å². The molecule has 1 aliphatic heterocycles. The average Bonchev–Trinajstić information content (AvgIpc) is 2.58. The van der Waals surface area contributed by atoms with Crippen LogP contribution < -0.4 is 5.32 Å². The van der Waals surface area contributed by atoms with Crippen molar-refractivity contribution in [1.82, 2.24) is 5.32 Å². The molecule has 0 spiro atoms. The lowest BCUT2D eigenvalue weighted by Crippen LogP contribution is -2.26. The van der Waals surface area contributed by atoms with E-state index < -0.39 is 12.1 Å². The van der Waals surface area contributed by atoms with Gasteiger partial charge in [-0.2, -0.15) is 13.2 Å². The van der Waals surface area contributed by atoms with E-state index in [1.165, 1.54) is 0 Å². The molecule has 2 rings (SSSR count). The summed E-state index contributed by atoms with van der Waals surface area (Å²) in [5, 5.41) is 2.89. The summed E-state index contributed by atoms with van der Waals surface area (Å²) in [4.78, 5) is 0. The molecule has 1 aliphatic carbocycles. The van der Waals surface area contributed by atoms with E-state index in [0.717, 1.165) is 19.4 Å². The van der Waals surface area contributed by atoms with Crippen molar-refractivity contribution in [2.75, 3.05) is 6.54 Å². The summed E-state index contributed by atoms with van der Waals surface area (Å²) >= 11 is 0. The summed E-state index contributed by atoms with van der Waals surface area (Å²) in [5.74, 6) is -1.14. The van der Waals surface area contributed by atoms with Gasteiger partial charge in [-0.25, -0.2) is 0 Å². The van der Waals surface area contributed by atoms with Crippen LogP contribution in [0.4, 0.5) is 13.2 Å². The van der Waals surface area contributed by atoms with Crippen molar-refractivity contribution in [3.8, 4) is 0 Å². The molecule has 0 aromatic carbocycles. The third-order valence-corrected chi connectivity index (χ3v) is 2.64. The van der Waals surface area contributed by atoms with Gasteiger partial charge in [-0.1, -0.05) is 0 Å². The van der Waals surface area contributed by atoms with Crippen LogP contribution in [0, 0.1) is 11.8 Å². The third-order valence-electron chi connectivity index (χ3n) is 2.64. The maximum Gasteiger partial charge on any atom is 0.393 e. The molecule has 1 N–H and O–H groups in total. The smallest absolute Gasteiger partial charge is 0.313 e. The Labute approximate surface area is 63.0 Å². The van der Waals surface area contributed by atoms with Crippen LogP contribution in [0.3, 0.4) is 0 Å². The highest BCUT2D eigenvalue weighted by molar-refractivity contribution is 5.08. The Bertz CT molecular complexity index is 154. The first-order valence-electron chi connectivity index (χ1n) is 3.91. The Morgan fingerprint density at radius 2 is 2.00 bits per heavy atom. The molecule has 3 atom stereocenters. The molecule has 2 fully saturated rings. The zero-order valence-corrected chi connectivity index (χ0v) is 5.99. The van der Waals surface area contributed by atoms with Gasteiger partial charge in [0, 0.05) is 6.04 Å². The molecule has 0 unspecified atom stereocenters. The Balaban J connectivity index is 2.00. The second-order valence-electron chi connectivity index (χ2n) is 3.35. The molecule has 1 saturated carbocycles. The number of piperidine rings is 1. The molecule has 2 aliphatic rings. The minimum Gasteiger partial charge on any atom is -0.313 e. The molecule has 0 bridgehead atoms. The van der Waals surface area contributed by atoms with Crippen LogP contribution >= 0.6 is 0 Å². The van der Waals surface area contributed by atoms with Gasteiger partial charge in [0.15, 0.2) is 0 Å². The summed E-state index contributed by atoms with van der Waals surface area (Å²) < 4.78 is 36.3. The van der Waals surface area contributed by atoms with E-state index in [2.05, 4.69) is 5.32 Å². The average molecular weight is 165 g/mol. The zero-order chi connectivity index (χ0) is 8.06. The number of hydrogen-bond acceptors (Lipinski definition) is 1. The van der Waals surface area contributed by atoms with Crippen LogP contribution in [-0.2, 0) is 0 Å². The van der Waals surface area contributed by atoms with Crippen molar-refractivity contribution < 1.29 is 13.2 Å². The van der Waals surface area contributed by atoms with E-state index in [1.807, 2.05) is 0 Å². The van der Waals surface area contributed by atoms with Crippen molar-refractivity contribution in [2.24, 2.45) is 11.8 Å². The molecule has 0 aromatic heterocycles. The highest BCUT2D eigenvalue weighted by Gasteiger charge is 2.64. The third kappa shape index (κ3) is 1.13. The number of hydrogen-bond donors (Lipinski definition) is 1. The second kappa shape index (κ2) is 2.12. The molecular formula is C7H10F3N. The van der Waals surface area contributed by atoms with Crippen molar-refractivity contribution in [3.05, 3.63) is 0 Å². The van der Waals surface area contributed by atoms with Crippen molar-refractivity contribution >= 4 is 0 Å². The van der Waals surface area contributed by atoms with E-state index in [-0.39, 0.29) is 12.0 Å². The minimum atomic E-state index is -3.97. The van der Waals surface area contributed by atoms with Crippen LogP contribution in [-0.4, -0.2) is 18.8 Å². The lowest BCUT2D eigenvalue weighted by molar-refractivity contribution is -0.152. The Kier molecular flexibility index (Phi) is 1.43. The predicted molar refractivity (Wildman–Crippen MR) is 34.1 cm³/mol. The molecule has 1 nitrogen and oxygen atoms in total. The fraction of sp³-hybridized carbons (Fsp3) is 1.00. The first-order valence-corrected chi connectivity index (χ1v) is 3.91. The topological polar surface area (TPSA) is 12.0 Å². The van der Waals surface area contributed by atoms with Gasteiger partial charge in [0.2, 0.25) is 0 Å². The van der Waals surface area contributed by atoms with E-state index in [0.29, 0.717) is 0 Å². The quantitative estimate of drug-likeness (QED) is 0.574. The lowest BCUT2D eigenvalue weighted by Gasteiger charge is -2.07. The summed E-state index contributed by atoms with van der Waals surface area (Å²) in [6.07, 6.45) is -2.32.